The van der Waals surface area contributed by atoms with Crippen molar-refractivity contribution in [1.29, 1.82) is 0 Å². The molecule has 0 spiro atoms. The third-order valence-electron chi connectivity index (χ3n) is 6.28. The lowest BCUT2D eigenvalue weighted by Gasteiger charge is -2.29. The van der Waals surface area contributed by atoms with E-state index in [4.69, 9.17) is 4.74 Å². The molecule has 3 aromatic rings. The SMILES string of the molecule is CCN(Cc1ccccc1-c1ccc(F)cc1)C1CCN(c2ncccc2C(=O)OC(C)C)C1. The average Bonchev–Trinajstić information content (AvgIpc) is 3.33. The second kappa shape index (κ2) is 10.8. The number of hydrogen-bond donors (Lipinski definition) is 0. The van der Waals surface area contributed by atoms with Crippen molar-refractivity contribution in [3.8, 4) is 11.1 Å². The number of nitrogens with zero attached hydrogens (tertiary/aromatic N) is 3. The van der Waals surface area contributed by atoms with Crippen LogP contribution in [-0.4, -0.2) is 47.6 Å². The predicted molar refractivity (Wildman–Crippen MR) is 133 cm³/mol. The number of carbonyl (C=O) groups excluding carboxylic acids is 1. The summed E-state index contributed by atoms with van der Waals surface area (Å²) in [5.41, 5.74) is 3.87. The fourth-order valence-electron chi connectivity index (χ4n) is 4.61. The van der Waals surface area contributed by atoms with Gasteiger partial charge >= 0.3 is 5.97 Å². The lowest BCUT2D eigenvalue weighted by molar-refractivity contribution is 0.0378. The average molecular weight is 462 g/mol. The highest BCUT2D eigenvalue weighted by atomic mass is 19.1. The van der Waals surface area contributed by atoms with E-state index in [2.05, 4.69) is 39.9 Å². The summed E-state index contributed by atoms with van der Waals surface area (Å²) >= 11 is 0. The maximum atomic E-state index is 13.4. The fourth-order valence-corrected chi connectivity index (χ4v) is 4.61. The smallest absolute Gasteiger partial charge is 0.342 e. The third kappa shape index (κ3) is 5.45. The Balaban J connectivity index is 1.51. The van der Waals surface area contributed by atoms with Gasteiger partial charge in [0.05, 0.1) is 6.10 Å². The van der Waals surface area contributed by atoms with E-state index in [1.54, 1.807) is 18.3 Å². The molecule has 0 saturated carbocycles. The van der Waals surface area contributed by atoms with Gasteiger partial charge in [-0.2, -0.15) is 0 Å². The summed E-state index contributed by atoms with van der Waals surface area (Å²) in [6.45, 7) is 9.21. The predicted octanol–water partition coefficient (Wildman–Crippen LogP) is 5.55. The van der Waals surface area contributed by atoms with Gasteiger partial charge < -0.3 is 9.64 Å². The Hall–Kier alpha value is -3.25. The molecule has 1 aliphatic heterocycles. The number of esters is 1. The van der Waals surface area contributed by atoms with Crippen molar-refractivity contribution in [3.05, 3.63) is 83.8 Å². The maximum Gasteiger partial charge on any atom is 0.342 e. The molecule has 4 rings (SSSR count). The molecule has 2 heterocycles. The van der Waals surface area contributed by atoms with Gasteiger partial charge in [-0.25, -0.2) is 14.2 Å². The zero-order chi connectivity index (χ0) is 24.1. The van der Waals surface area contributed by atoms with Crippen LogP contribution in [-0.2, 0) is 11.3 Å². The lowest BCUT2D eigenvalue weighted by atomic mass is 9.99. The molecule has 0 radical (unpaired) electrons. The van der Waals surface area contributed by atoms with Crippen LogP contribution in [0.15, 0.2) is 66.9 Å². The van der Waals surface area contributed by atoms with Crippen LogP contribution < -0.4 is 4.90 Å². The van der Waals surface area contributed by atoms with E-state index in [1.807, 2.05) is 32.0 Å². The van der Waals surface area contributed by atoms with E-state index in [-0.39, 0.29) is 17.9 Å². The highest BCUT2D eigenvalue weighted by molar-refractivity contribution is 5.95. The molecule has 1 fully saturated rings. The van der Waals surface area contributed by atoms with Gasteiger partial charge in [0.15, 0.2) is 0 Å². The molecule has 6 heteroatoms. The maximum absolute atomic E-state index is 13.4. The number of pyridine rings is 1. The van der Waals surface area contributed by atoms with Gasteiger partial charge in [-0.3, -0.25) is 4.90 Å². The summed E-state index contributed by atoms with van der Waals surface area (Å²) in [6, 6.07) is 18.9. The van der Waals surface area contributed by atoms with Crippen molar-refractivity contribution >= 4 is 11.8 Å². The largest absolute Gasteiger partial charge is 0.459 e. The van der Waals surface area contributed by atoms with E-state index in [0.29, 0.717) is 17.4 Å². The van der Waals surface area contributed by atoms with Gasteiger partial charge in [-0.1, -0.05) is 43.3 Å². The Morgan fingerprint density at radius 3 is 2.65 bits per heavy atom. The highest BCUT2D eigenvalue weighted by Gasteiger charge is 2.30. The van der Waals surface area contributed by atoms with Crippen molar-refractivity contribution in [3.63, 3.8) is 0 Å². The van der Waals surface area contributed by atoms with Gasteiger partial charge in [0.1, 0.15) is 17.2 Å². The lowest BCUT2D eigenvalue weighted by Crippen LogP contribution is -2.37. The third-order valence-corrected chi connectivity index (χ3v) is 6.28. The molecule has 0 bridgehead atoms. The van der Waals surface area contributed by atoms with Crippen molar-refractivity contribution in [2.24, 2.45) is 0 Å². The molecule has 0 aliphatic carbocycles. The van der Waals surface area contributed by atoms with Gasteiger partial charge in [-0.05, 0) is 67.8 Å². The summed E-state index contributed by atoms with van der Waals surface area (Å²) in [4.78, 5) is 21.8. The van der Waals surface area contributed by atoms with Crippen LogP contribution in [0, 0.1) is 5.82 Å². The van der Waals surface area contributed by atoms with Crippen LogP contribution in [0.3, 0.4) is 0 Å². The van der Waals surface area contributed by atoms with E-state index >= 15 is 0 Å². The highest BCUT2D eigenvalue weighted by Crippen LogP contribution is 2.29. The summed E-state index contributed by atoms with van der Waals surface area (Å²) in [7, 11) is 0. The molecule has 1 aliphatic rings. The van der Waals surface area contributed by atoms with Crippen LogP contribution in [0.1, 0.15) is 43.1 Å². The first-order valence-electron chi connectivity index (χ1n) is 11.9. The Labute approximate surface area is 201 Å². The summed E-state index contributed by atoms with van der Waals surface area (Å²) in [5.74, 6) is 0.133. The minimum Gasteiger partial charge on any atom is -0.459 e. The molecular formula is C28H32FN3O2. The first-order valence-corrected chi connectivity index (χ1v) is 11.9. The molecule has 0 N–H and O–H groups in total. The summed E-state index contributed by atoms with van der Waals surface area (Å²) < 4.78 is 18.9. The van der Waals surface area contributed by atoms with Crippen LogP contribution in [0.25, 0.3) is 11.1 Å². The molecule has 0 amide bonds. The monoisotopic (exact) mass is 461 g/mol. The minimum atomic E-state index is -0.331. The molecule has 1 aromatic heterocycles. The Morgan fingerprint density at radius 2 is 1.91 bits per heavy atom. The van der Waals surface area contributed by atoms with Crippen molar-refractivity contribution in [1.82, 2.24) is 9.88 Å². The molecule has 34 heavy (non-hydrogen) atoms. The topological polar surface area (TPSA) is 45.7 Å². The molecule has 5 nitrogen and oxygen atoms in total. The minimum absolute atomic E-state index is 0.177. The number of aromatic nitrogens is 1. The van der Waals surface area contributed by atoms with Crippen LogP contribution >= 0.6 is 0 Å². The number of benzene rings is 2. The Morgan fingerprint density at radius 1 is 1.15 bits per heavy atom. The van der Waals surface area contributed by atoms with E-state index < -0.39 is 0 Å². The van der Waals surface area contributed by atoms with Gasteiger partial charge in [0.25, 0.3) is 0 Å². The first-order chi connectivity index (χ1) is 16.5. The number of anilines is 1. The number of likely N-dealkylation sites (N-methyl/N-ethyl adjacent to an activating group) is 1. The quantitative estimate of drug-likeness (QED) is 0.412. The van der Waals surface area contributed by atoms with Crippen molar-refractivity contribution in [2.45, 2.75) is 45.9 Å². The zero-order valence-corrected chi connectivity index (χ0v) is 20.1. The summed E-state index contributed by atoms with van der Waals surface area (Å²) in [5, 5.41) is 0. The standard InChI is InChI=1S/C28H32FN3O2/c1-4-31(18-22-8-5-6-9-25(22)21-11-13-23(29)14-12-21)24-15-17-32(19-24)27-26(10-7-16-30-27)28(33)34-20(2)3/h5-14,16,20,24H,4,15,17-19H2,1-3H3. The second-order valence-electron chi connectivity index (χ2n) is 8.94. The normalized spacial score (nSPS) is 15.8. The molecule has 178 valence electrons. The summed E-state index contributed by atoms with van der Waals surface area (Å²) in [6.07, 6.45) is 2.54. The number of ether oxygens (including phenoxy) is 1. The van der Waals surface area contributed by atoms with E-state index in [9.17, 15) is 9.18 Å². The van der Waals surface area contributed by atoms with E-state index in [1.165, 1.54) is 17.7 Å². The van der Waals surface area contributed by atoms with Gasteiger partial charge in [-0.15, -0.1) is 0 Å². The molecule has 1 saturated heterocycles. The molecule has 1 atom stereocenters. The molecular weight excluding hydrogens is 429 g/mol. The number of rotatable bonds is 8. The fraction of sp³-hybridized carbons (Fsp3) is 0.357. The Bertz CT molecular complexity index is 1120. The number of halogens is 1. The zero-order valence-electron chi connectivity index (χ0n) is 20.1. The van der Waals surface area contributed by atoms with Crippen molar-refractivity contribution in [2.75, 3.05) is 24.5 Å². The Kier molecular flexibility index (Phi) is 7.58. The van der Waals surface area contributed by atoms with E-state index in [0.717, 1.165) is 43.7 Å². The van der Waals surface area contributed by atoms with Crippen LogP contribution in [0.4, 0.5) is 10.2 Å². The first kappa shape index (κ1) is 23.9. The van der Waals surface area contributed by atoms with Crippen LogP contribution in [0.5, 0.6) is 0 Å². The molecule has 1 unspecified atom stereocenters. The number of carbonyl (C=O) groups is 1. The second-order valence-corrected chi connectivity index (χ2v) is 8.94. The van der Waals surface area contributed by atoms with Crippen molar-refractivity contribution < 1.29 is 13.9 Å². The van der Waals surface area contributed by atoms with Gasteiger partial charge in [0, 0.05) is 31.9 Å². The molecule has 2 aromatic carbocycles. The van der Waals surface area contributed by atoms with Gasteiger partial charge in [0.2, 0.25) is 0 Å². The van der Waals surface area contributed by atoms with Crippen LogP contribution in [0.2, 0.25) is 0 Å². The number of hydrogen-bond acceptors (Lipinski definition) is 5.